The normalized spacial score (nSPS) is 9.00. The van der Waals surface area contributed by atoms with Crippen molar-refractivity contribution in [1.29, 1.82) is 0 Å². The van der Waals surface area contributed by atoms with Crippen molar-refractivity contribution in [3.05, 3.63) is 22.2 Å². The molecule has 0 aromatic heterocycles. The Bertz CT molecular complexity index is 349. The van der Waals surface area contributed by atoms with Crippen molar-refractivity contribution in [3.63, 3.8) is 0 Å². The summed E-state index contributed by atoms with van der Waals surface area (Å²) in [4.78, 5) is 10.1. The van der Waals surface area contributed by atoms with E-state index < -0.39 is 51.6 Å². The van der Waals surface area contributed by atoms with Gasteiger partial charge in [0.2, 0.25) is 0 Å². The number of rotatable bonds is 3. The average molecular weight is 609 g/mol. The molecule has 0 heterocycles. The van der Waals surface area contributed by atoms with Crippen molar-refractivity contribution in [2.75, 3.05) is 0 Å². The Labute approximate surface area is 111 Å². The number of nitro benzene ring substituents is 1. The number of aromatic hydroxyl groups is 1. The topological polar surface area (TPSA) is 63.4 Å². The fourth-order valence-corrected chi connectivity index (χ4v) is 13.4. The van der Waals surface area contributed by atoms with Crippen LogP contribution in [-0.2, 0) is 46.7 Å². The predicted molar refractivity (Wildman–Crippen MR) is 45.7 cm³/mol. The number of halogens is 2. The zero-order valence-corrected chi connectivity index (χ0v) is 19.5. The van der Waals surface area contributed by atoms with E-state index >= 15 is 0 Å². The molecule has 1 N–H and O–H groups in total. The van der Waals surface area contributed by atoms with Gasteiger partial charge in [-0.3, -0.25) is 0 Å². The summed E-state index contributed by atoms with van der Waals surface area (Å²) >= 11 is -3.66. The van der Waals surface area contributed by atoms with Gasteiger partial charge in [-0.15, -0.1) is 0 Å². The van der Waals surface area contributed by atoms with E-state index in [2.05, 4.69) is 0 Å². The molecule has 4 nitrogen and oxygen atoms in total. The predicted octanol–water partition coefficient (Wildman–Crippen LogP) is 1.02. The van der Waals surface area contributed by atoms with E-state index in [4.69, 9.17) is 16.5 Å². The molecular weight excluding hydrogens is 606 g/mol. The summed E-state index contributed by atoms with van der Waals surface area (Å²) < 4.78 is 1.19. The molecule has 68 valence electrons. The van der Waals surface area contributed by atoms with Crippen molar-refractivity contribution in [2.45, 2.75) is 0 Å². The number of hydrogen-bond donors (Lipinski definition) is 1. The van der Waals surface area contributed by atoms with Crippen molar-refractivity contribution in [2.24, 2.45) is 0 Å². The summed E-state index contributed by atoms with van der Waals surface area (Å²) in [5.74, 6) is 0.129. The Kier molecular flexibility index (Phi) is 5.38. The van der Waals surface area contributed by atoms with Gasteiger partial charge in [-0.2, -0.15) is 0 Å². The third-order valence-electron chi connectivity index (χ3n) is 1.75. The first kappa shape index (κ1) is 12.9. The van der Waals surface area contributed by atoms with Crippen LogP contribution in [0.5, 0.6) is 5.75 Å². The van der Waals surface area contributed by atoms with E-state index in [1.807, 2.05) is 0 Å². The first-order chi connectivity index (χ1) is 6.60. The fraction of sp³-hybridized carbons (Fsp3) is 0. The Hall–Kier alpha value is 0.870. The van der Waals surface area contributed by atoms with Gasteiger partial charge in [-0.05, 0) is 0 Å². The quantitative estimate of drug-likeness (QED) is 0.317. The summed E-state index contributed by atoms with van der Waals surface area (Å²) in [7, 11) is 11.5. The van der Waals surface area contributed by atoms with Crippen LogP contribution in [0.1, 0.15) is 0 Å². The van der Waals surface area contributed by atoms with Crippen LogP contribution < -0.4 is 6.14 Å². The van der Waals surface area contributed by atoms with Crippen molar-refractivity contribution in [1.82, 2.24) is 0 Å². The molecule has 0 spiro atoms. The summed E-state index contributed by atoms with van der Waals surface area (Å²) in [6.45, 7) is 0. The maximum atomic E-state index is 10.5. The second-order valence-corrected chi connectivity index (χ2v) is 15.3. The molecule has 0 bridgehead atoms. The molecule has 8 heteroatoms. The Balaban J connectivity index is 3.32. The van der Waals surface area contributed by atoms with E-state index in [0.717, 1.165) is 0 Å². The van der Waals surface area contributed by atoms with Crippen LogP contribution in [0.25, 0.3) is 0 Å². The SMILES string of the molecule is O=[N+]([O-])c1c[c]([Hg][Cl])c(O)[c]([Hg][Cl])c1. The van der Waals surface area contributed by atoms with Crippen LogP contribution >= 0.6 is 16.5 Å². The van der Waals surface area contributed by atoms with Gasteiger partial charge in [-0.25, -0.2) is 0 Å². The van der Waals surface area contributed by atoms with Crippen LogP contribution in [-0.4, -0.2) is 10.0 Å². The number of hydrogen-bond acceptors (Lipinski definition) is 3. The van der Waals surface area contributed by atoms with Gasteiger partial charge in [0.25, 0.3) is 0 Å². The maximum absolute atomic E-state index is 10.5. The molecule has 0 radical (unpaired) electrons. The van der Waals surface area contributed by atoms with Gasteiger partial charge in [0.1, 0.15) is 0 Å². The number of nitro groups is 1. The molecule has 0 fully saturated rings. The molecule has 0 aliphatic heterocycles. The molecule has 0 unspecified atom stereocenters. The summed E-state index contributed by atoms with van der Waals surface area (Å²) in [5.41, 5.74) is -0.00546. The first-order valence-electron chi connectivity index (χ1n) is 3.71. The summed E-state index contributed by atoms with van der Waals surface area (Å²) in [6, 6.07) is 2.74. The molecule has 1 rings (SSSR count). The Morgan fingerprint density at radius 2 is 1.71 bits per heavy atom. The number of nitrogens with zero attached hydrogens (tertiary/aromatic N) is 1. The van der Waals surface area contributed by atoms with Gasteiger partial charge < -0.3 is 0 Å². The van der Waals surface area contributed by atoms with Gasteiger partial charge in [0.15, 0.2) is 0 Å². The zero-order valence-electron chi connectivity index (χ0n) is 7.04. The van der Waals surface area contributed by atoms with E-state index in [1.165, 1.54) is 12.1 Å². The molecule has 1 aromatic carbocycles. The van der Waals surface area contributed by atoms with Crippen molar-refractivity contribution >= 4 is 28.3 Å². The van der Waals surface area contributed by atoms with E-state index in [1.54, 1.807) is 0 Å². The summed E-state index contributed by atoms with van der Waals surface area (Å²) in [6.07, 6.45) is 0. The van der Waals surface area contributed by atoms with Crippen LogP contribution in [0.15, 0.2) is 12.1 Å². The van der Waals surface area contributed by atoms with Gasteiger partial charge >= 0.3 is 113 Å². The second kappa shape index (κ2) is 5.82. The number of phenolic OH excluding ortho intramolecular Hbond substituents is 1. The van der Waals surface area contributed by atoms with Crippen molar-refractivity contribution in [3.8, 4) is 5.75 Å². The number of non-ortho nitro benzene ring substituents is 1. The van der Waals surface area contributed by atoms with Gasteiger partial charge in [0.05, 0.1) is 0 Å². The molecule has 0 amide bonds. The first-order valence-corrected chi connectivity index (χ1v) is 22.7. The Morgan fingerprint density at radius 1 is 1.29 bits per heavy atom. The van der Waals surface area contributed by atoms with E-state index in [-0.39, 0.29) is 11.4 Å². The van der Waals surface area contributed by atoms with E-state index in [0.29, 0.717) is 6.14 Å². The molecule has 14 heavy (non-hydrogen) atoms. The van der Waals surface area contributed by atoms with Gasteiger partial charge in [0, 0.05) is 0 Å². The van der Waals surface area contributed by atoms with Crippen LogP contribution in [0.4, 0.5) is 5.69 Å². The second-order valence-electron chi connectivity index (χ2n) is 2.64. The summed E-state index contributed by atoms with van der Waals surface area (Å²) in [5, 5.41) is 20.2. The zero-order chi connectivity index (χ0) is 10.7. The Morgan fingerprint density at radius 3 is 2.00 bits per heavy atom. The van der Waals surface area contributed by atoms with Crippen LogP contribution in [0.2, 0.25) is 0 Å². The molecule has 0 atom stereocenters. The monoisotopic (exact) mass is 611 g/mol. The molecule has 0 aliphatic carbocycles. The third-order valence-corrected chi connectivity index (χ3v) is 13.2. The molecule has 0 saturated heterocycles. The average Bonchev–Trinajstić information content (AvgIpc) is 2.17. The standard InChI is InChI=1S/C6H3NO3.2ClH.2Hg/c8-6-3-1-5(2-4-6)7(9)10;;;;/h1-2,8H;2*1H;;/q;;;2*+1/p-2. The molecule has 0 saturated carbocycles. The van der Waals surface area contributed by atoms with Crippen LogP contribution in [0.3, 0.4) is 0 Å². The number of benzene rings is 1. The van der Waals surface area contributed by atoms with Crippen LogP contribution in [0, 0.1) is 10.1 Å². The minimum absolute atomic E-state index is 0.00546. The van der Waals surface area contributed by atoms with Gasteiger partial charge in [-0.1, -0.05) is 0 Å². The number of phenols is 1. The molecular formula is C6H3Cl2Hg2NO3. The fourth-order valence-electron chi connectivity index (χ4n) is 1.05. The minimum atomic E-state index is -1.83. The molecule has 0 aliphatic rings. The molecule has 1 aromatic rings. The van der Waals surface area contributed by atoms with Crippen molar-refractivity contribution < 1.29 is 56.7 Å². The third kappa shape index (κ3) is 2.93. The van der Waals surface area contributed by atoms with E-state index in [9.17, 15) is 15.2 Å².